The Morgan fingerprint density at radius 1 is 1.42 bits per heavy atom. The third-order valence-corrected chi connectivity index (χ3v) is 3.96. The van der Waals surface area contributed by atoms with E-state index >= 15 is 0 Å². The molecule has 0 saturated carbocycles. The molecule has 1 saturated heterocycles. The summed E-state index contributed by atoms with van der Waals surface area (Å²) in [5, 5.41) is 9.65. The number of aliphatic hydroxyl groups excluding tert-OH is 1. The molecule has 5 nitrogen and oxygen atoms in total. The molecule has 0 unspecified atom stereocenters. The van der Waals surface area contributed by atoms with E-state index in [9.17, 15) is 8.42 Å². The Morgan fingerprint density at radius 3 is 2.53 bits per heavy atom. The molecule has 0 bridgehead atoms. The van der Waals surface area contributed by atoms with Crippen LogP contribution >= 0.6 is 11.6 Å². The maximum Gasteiger partial charge on any atom is 0.209 e. The van der Waals surface area contributed by atoms with Gasteiger partial charge in [-0.05, 0) is 12.1 Å². The summed E-state index contributed by atoms with van der Waals surface area (Å²) in [7, 11) is -3.32. The van der Waals surface area contributed by atoms with Crippen molar-refractivity contribution in [1.82, 2.24) is 0 Å². The summed E-state index contributed by atoms with van der Waals surface area (Å²) in [6.45, 7) is -0.0756. The topological polar surface area (TPSA) is 72.8 Å². The molecule has 2 rings (SSSR count). The molecule has 1 aromatic carbocycles. The number of halogens is 1. The fourth-order valence-corrected chi connectivity index (χ4v) is 3.15. The first-order chi connectivity index (χ1) is 8.85. The van der Waals surface area contributed by atoms with Gasteiger partial charge < -0.3 is 14.6 Å². The zero-order valence-corrected chi connectivity index (χ0v) is 11.9. The molecule has 7 heteroatoms. The number of hydrogen-bond acceptors (Lipinski definition) is 5. The SMILES string of the molecule is CS(=O)(=O)C[C@@]1(c2ccc(Cl)cc2)OC[C@H](CO)O1. The van der Waals surface area contributed by atoms with Gasteiger partial charge in [0.15, 0.2) is 9.84 Å². The number of sulfone groups is 1. The van der Waals surface area contributed by atoms with Gasteiger partial charge in [0.05, 0.1) is 13.2 Å². The molecule has 1 fully saturated rings. The maximum atomic E-state index is 11.6. The normalized spacial score (nSPS) is 27.6. The second-order valence-electron chi connectivity index (χ2n) is 4.56. The molecule has 0 amide bonds. The Hall–Kier alpha value is -0.660. The van der Waals surface area contributed by atoms with Crippen molar-refractivity contribution in [3.05, 3.63) is 34.9 Å². The smallest absolute Gasteiger partial charge is 0.209 e. The predicted molar refractivity (Wildman–Crippen MR) is 70.8 cm³/mol. The van der Waals surface area contributed by atoms with Gasteiger partial charge in [0.2, 0.25) is 5.79 Å². The summed E-state index contributed by atoms with van der Waals surface area (Å²) in [6, 6.07) is 6.60. The van der Waals surface area contributed by atoms with E-state index in [0.717, 1.165) is 6.26 Å². The maximum absolute atomic E-state index is 11.6. The molecule has 106 valence electrons. The summed E-state index contributed by atoms with van der Waals surface area (Å²) < 4.78 is 34.3. The van der Waals surface area contributed by atoms with E-state index in [4.69, 9.17) is 26.2 Å². The average molecular weight is 307 g/mol. The summed E-state index contributed by atoms with van der Waals surface area (Å²) in [5.41, 5.74) is 0.568. The number of aliphatic hydroxyl groups is 1. The monoisotopic (exact) mass is 306 g/mol. The summed E-state index contributed by atoms with van der Waals surface area (Å²) in [4.78, 5) is 0. The number of benzene rings is 1. The lowest BCUT2D eigenvalue weighted by Gasteiger charge is -2.27. The van der Waals surface area contributed by atoms with Crippen LogP contribution in [0.2, 0.25) is 5.02 Å². The molecule has 0 aromatic heterocycles. The largest absolute Gasteiger partial charge is 0.394 e. The number of rotatable bonds is 4. The van der Waals surface area contributed by atoms with Crippen molar-refractivity contribution in [2.45, 2.75) is 11.9 Å². The number of hydrogen-bond donors (Lipinski definition) is 1. The lowest BCUT2D eigenvalue weighted by molar-refractivity contribution is -0.162. The van der Waals surface area contributed by atoms with E-state index in [1.807, 2.05) is 0 Å². The van der Waals surface area contributed by atoms with Crippen molar-refractivity contribution < 1.29 is 23.0 Å². The van der Waals surface area contributed by atoms with Crippen molar-refractivity contribution >= 4 is 21.4 Å². The highest BCUT2D eigenvalue weighted by atomic mass is 35.5. The Morgan fingerprint density at radius 2 is 2.05 bits per heavy atom. The van der Waals surface area contributed by atoms with E-state index in [2.05, 4.69) is 0 Å². The van der Waals surface area contributed by atoms with Crippen LogP contribution in [0.5, 0.6) is 0 Å². The summed E-state index contributed by atoms with van der Waals surface area (Å²) >= 11 is 5.81. The zero-order valence-electron chi connectivity index (χ0n) is 10.4. The van der Waals surface area contributed by atoms with Gasteiger partial charge in [0.1, 0.15) is 11.9 Å². The van der Waals surface area contributed by atoms with E-state index in [1.165, 1.54) is 0 Å². The van der Waals surface area contributed by atoms with Crippen LogP contribution in [0.3, 0.4) is 0 Å². The van der Waals surface area contributed by atoms with Gasteiger partial charge >= 0.3 is 0 Å². The van der Waals surface area contributed by atoms with Crippen LogP contribution in [0, 0.1) is 0 Å². The van der Waals surface area contributed by atoms with Crippen molar-refractivity contribution in [3.63, 3.8) is 0 Å². The Labute approximate surface area is 117 Å². The standard InChI is InChI=1S/C12H15ClO5S/c1-19(15,16)8-12(17-7-11(6-14)18-12)9-2-4-10(13)5-3-9/h2-5,11,14H,6-8H2,1H3/t11-,12+/m0/s1. The minimum absolute atomic E-state index is 0.147. The predicted octanol–water partition coefficient (Wildman–Crippen LogP) is 0.945. The highest BCUT2D eigenvalue weighted by Gasteiger charge is 2.45. The summed E-state index contributed by atoms with van der Waals surface area (Å²) in [6.07, 6.45) is 0.585. The molecule has 0 radical (unpaired) electrons. The van der Waals surface area contributed by atoms with Crippen LogP contribution in [0.15, 0.2) is 24.3 Å². The third-order valence-electron chi connectivity index (χ3n) is 2.80. The van der Waals surface area contributed by atoms with Gasteiger partial charge in [-0.2, -0.15) is 0 Å². The Kier molecular flexibility index (Phi) is 4.17. The fraction of sp³-hybridized carbons (Fsp3) is 0.500. The van der Waals surface area contributed by atoms with Crippen LogP contribution in [0.1, 0.15) is 5.56 Å². The molecule has 1 aromatic rings. The van der Waals surface area contributed by atoms with E-state index < -0.39 is 21.7 Å². The highest BCUT2D eigenvalue weighted by Crippen LogP contribution is 2.36. The van der Waals surface area contributed by atoms with Crippen molar-refractivity contribution in [2.75, 3.05) is 25.2 Å². The van der Waals surface area contributed by atoms with Crippen molar-refractivity contribution in [2.24, 2.45) is 0 Å². The van der Waals surface area contributed by atoms with Gasteiger partial charge in [-0.1, -0.05) is 23.7 Å². The quantitative estimate of drug-likeness (QED) is 0.896. The molecule has 1 N–H and O–H groups in total. The minimum Gasteiger partial charge on any atom is -0.394 e. The van der Waals surface area contributed by atoms with Crippen molar-refractivity contribution in [1.29, 1.82) is 0 Å². The average Bonchev–Trinajstić information content (AvgIpc) is 2.72. The fourth-order valence-electron chi connectivity index (χ4n) is 2.01. The lowest BCUT2D eigenvalue weighted by atomic mass is 10.1. The first kappa shape index (κ1) is 14.7. The van der Waals surface area contributed by atoms with Crippen LogP contribution in [0.4, 0.5) is 0 Å². The number of ether oxygens (including phenoxy) is 2. The summed E-state index contributed by atoms with van der Waals surface area (Å²) in [5.74, 6) is -1.68. The molecule has 1 aliphatic heterocycles. The molecule has 19 heavy (non-hydrogen) atoms. The van der Waals surface area contributed by atoms with Gasteiger partial charge in [0, 0.05) is 16.8 Å². The lowest BCUT2D eigenvalue weighted by Crippen LogP contribution is -2.36. The second-order valence-corrected chi connectivity index (χ2v) is 7.14. The Bertz CT molecular complexity index is 542. The van der Waals surface area contributed by atoms with Crippen LogP contribution in [-0.2, 0) is 25.1 Å². The first-order valence-electron chi connectivity index (χ1n) is 5.71. The van der Waals surface area contributed by atoms with Gasteiger partial charge in [-0.15, -0.1) is 0 Å². The molecule has 0 aliphatic carbocycles. The van der Waals surface area contributed by atoms with Gasteiger partial charge in [0.25, 0.3) is 0 Å². The second kappa shape index (κ2) is 5.38. The van der Waals surface area contributed by atoms with Gasteiger partial charge in [-0.3, -0.25) is 0 Å². The zero-order chi connectivity index (χ0) is 14.1. The van der Waals surface area contributed by atoms with E-state index in [0.29, 0.717) is 10.6 Å². The molecular formula is C12H15ClO5S. The molecule has 1 heterocycles. The van der Waals surface area contributed by atoms with E-state index in [-0.39, 0.29) is 19.0 Å². The van der Waals surface area contributed by atoms with Crippen LogP contribution < -0.4 is 0 Å². The third kappa shape index (κ3) is 3.46. The molecule has 1 aliphatic rings. The minimum atomic E-state index is -3.32. The van der Waals surface area contributed by atoms with Crippen molar-refractivity contribution in [3.8, 4) is 0 Å². The van der Waals surface area contributed by atoms with E-state index in [1.54, 1.807) is 24.3 Å². The first-order valence-corrected chi connectivity index (χ1v) is 8.15. The highest BCUT2D eigenvalue weighted by molar-refractivity contribution is 7.90. The molecule has 2 atom stereocenters. The van der Waals surface area contributed by atoms with Gasteiger partial charge in [-0.25, -0.2) is 8.42 Å². The Balaban J connectivity index is 2.37. The molecular weight excluding hydrogens is 292 g/mol. The molecule has 0 spiro atoms. The van der Waals surface area contributed by atoms with Crippen LogP contribution in [0.25, 0.3) is 0 Å². The van der Waals surface area contributed by atoms with Crippen LogP contribution in [-0.4, -0.2) is 44.9 Å².